The highest BCUT2D eigenvalue weighted by molar-refractivity contribution is 6.14. The predicted octanol–water partition coefficient (Wildman–Crippen LogP) is 4.88. The van der Waals surface area contributed by atoms with E-state index in [1.54, 1.807) is 18.2 Å². The topological polar surface area (TPSA) is 17.1 Å². The van der Waals surface area contributed by atoms with Crippen molar-refractivity contribution in [2.45, 2.75) is 0 Å². The summed E-state index contributed by atoms with van der Waals surface area (Å²) in [6.07, 6.45) is 3.22. The summed E-state index contributed by atoms with van der Waals surface area (Å²) in [6.45, 7) is 0. The van der Waals surface area contributed by atoms with Crippen molar-refractivity contribution >= 4 is 22.6 Å². The summed E-state index contributed by atoms with van der Waals surface area (Å²) in [5.74, 6) is -0.344. The fourth-order valence-corrected chi connectivity index (χ4v) is 2.28. The molecule has 0 N–H and O–H groups in total. The molecule has 21 heavy (non-hydrogen) atoms. The van der Waals surface area contributed by atoms with Crippen molar-refractivity contribution in [3.63, 3.8) is 0 Å². The molecule has 0 heterocycles. The molecule has 0 bridgehead atoms. The minimum absolute atomic E-state index is 0.0591. The molecule has 0 saturated heterocycles. The Bertz CT molecular complexity index is 811. The molecule has 3 rings (SSSR count). The summed E-state index contributed by atoms with van der Waals surface area (Å²) in [5, 5.41) is 1.98. The number of fused-ring (bicyclic) bond motifs is 1. The fourth-order valence-electron chi connectivity index (χ4n) is 2.28. The molecule has 0 saturated carbocycles. The molecule has 1 nitrogen and oxygen atoms in total. The standard InChI is InChI=1S/C19H13FO/c20-16-11-8-14(9-12-16)10-13-19(21)18-7-3-5-15-4-1-2-6-17(15)18/h1-13H/b13-10+. The molecular formula is C19H13FO. The van der Waals surface area contributed by atoms with Crippen LogP contribution < -0.4 is 0 Å². The van der Waals surface area contributed by atoms with Crippen LogP contribution in [-0.4, -0.2) is 5.78 Å². The first-order valence-electron chi connectivity index (χ1n) is 6.70. The summed E-state index contributed by atoms with van der Waals surface area (Å²) in [4.78, 5) is 12.3. The zero-order valence-electron chi connectivity index (χ0n) is 11.3. The van der Waals surface area contributed by atoms with Crippen molar-refractivity contribution in [3.8, 4) is 0 Å². The first kappa shape index (κ1) is 13.3. The number of hydrogen-bond donors (Lipinski definition) is 0. The van der Waals surface area contributed by atoms with Crippen molar-refractivity contribution in [1.82, 2.24) is 0 Å². The molecule has 0 unspecified atom stereocenters. The van der Waals surface area contributed by atoms with Gasteiger partial charge in [0, 0.05) is 5.56 Å². The van der Waals surface area contributed by atoms with Crippen LogP contribution in [0.4, 0.5) is 4.39 Å². The number of carbonyl (C=O) groups is 1. The number of rotatable bonds is 3. The largest absolute Gasteiger partial charge is 0.289 e. The van der Waals surface area contributed by atoms with Crippen LogP contribution >= 0.6 is 0 Å². The van der Waals surface area contributed by atoms with E-state index in [0.29, 0.717) is 5.56 Å². The SMILES string of the molecule is O=C(/C=C/c1ccc(F)cc1)c1cccc2ccccc12. The zero-order valence-corrected chi connectivity index (χ0v) is 11.3. The third-order valence-corrected chi connectivity index (χ3v) is 3.35. The number of halogens is 1. The van der Waals surface area contributed by atoms with Gasteiger partial charge in [-0.05, 0) is 34.5 Å². The monoisotopic (exact) mass is 276 g/mol. The summed E-state index contributed by atoms with van der Waals surface area (Å²) in [5.41, 5.74) is 1.47. The Hall–Kier alpha value is -2.74. The maximum absolute atomic E-state index is 12.8. The maximum atomic E-state index is 12.8. The van der Waals surface area contributed by atoms with Crippen LogP contribution in [0.3, 0.4) is 0 Å². The second-order valence-electron chi connectivity index (χ2n) is 4.78. The summed E-state index contributed by atoms with van der Waals surface area (Å²) in [7, 11) is 0. The lowest BCUT2D eigenvalue weighted by Crippen LogP contribution is -1.95. The van der Waals surface area contributed by atoms with Gasteiger partial charge in [0.05, 0.1) is 0 Å². The zero-order chi connectivity index (χ0) is 14.7. The Morgan fingerprint density at radius 3 is 2.38 bits per heavy atom. The van der Waals surface area contributed by atoms with E-state index in [4.69, 9.17) is 0 Å². The lowest BCUT2D eigenvalue weighted by atomic mass is 10.0. The van der Waals surface area contributed by atoms with Crippen molar-refractivity contribution in [2.24, 2.45) is 0 Å². The van der Waals surface area contributed by atoms with Crippen LogP contribution in [0.25, 0.3) is 16.8 Å². The van der Waals surface area contributed by atoms with Crippen LogP contribution in [0.1, 0.15) is 15.9 Å². The van der Waals surface area contributed by atoms with Crippen LogP contribution in [0.2, 0.25) is 0 Å². The molecule has 102 valence electrons. The molecule has 2 heteroatoms. The highest BCUT2D eigenvalue weighted by Crippen LogP contribution is 2.19. The molecule has 0 aromatic heterocycles. The van der Waals surface area contributed by atoms with E-state index in [9.17, 15) is 9.18 Å². The van der Waals surface area contributed by atoms with Gasteiger partial charge in [0.2, 0.25) is 0 Å². The molecule has 0 amide bonds. The van der Waals surface area contributed by atoms with Crippen LogP contribution in [0, 0.1) is 5.82 Å². The van der Waals surface area contributed by atoms with Gasteiger partial charge in [-0.1, -0.05) is 60.7 Å². The Balaban J connectivity index is 1.92. The third-order valence-electron chi connectivity index (χ3n) is 3.35. The molecule has 0 atom stereocenters. The first-order valence-corrected chi connectivity index (χ1v) is 6.70. The number of allylic oxidation sites excluding steroid dienone is 1. The molecule has 0 spiro atoms. The quantitative estimate of drug-likeness (QED) is 0.492. The Kier molecular flexibility index (Phi) is 3.61. The van der Waals surface area contributed by atoms with Gasteiger partial charge in [0.25, 0.3) is 0 Å². The summed E-state index contributed by atoms with van der Waals surface area (Å²) in [6, 6.07) is 19.5. The van der Waals surface area contributed by atoms with E-state index in [1.807, 2.05) is 42.5 Å². The molecule has 0 aliphatic rings. The van der Waals surface area contributed by atoms with Gasteiger partial charge >= 0.3 is 0 Å². The van der Waals surface area contributed by atoms with Gasteiger partial charge in [-0.15, -0.1) is 0 Å². The molecule has 3 aromatic carbocycles. The minimum atomic E-state index is -0.285. The van der Waals surface area contributed by atoms with Gasteiger partial charge in [0.15, 0.2) is 5.78 Å². The Morgan fingerprint density at radius 2 is 1.57 bits per heavy atom. The number of ketones is 1. The average Bonchev–Trinajstić information content (AvgIpc) is 2.53. The van der Waals surface area contributed by atoms with E-state index in [-0.39, 0.29) is 11.6 Å². The minimum Gasteiger partial charge on any atom is -0.289 e. The first-order chi connectivity index (χ1) is 10.2. The van der Waals surface area contributed by atoms with Crippen LogP contribution in [0.15, 0.2) is 72.8 Å². The second-order valence-corrected chi connectivity index (χ2v) is 4.78. The van der Waals surface area contributed by atoms with E-state index >= 15 is 0 Å². The van der Waals surface area contributed by atoms with Crippen LogP contribution in [0.5, 0.6) is 0 Å². The Morgan fingerprint density at radius 1 is 0.857 bits per heavy atom. The van der Waals surface area contributed by atoms with Gasteiger partial charge in [0.1, 0.15) is 5.82 Å². The predicted molar refractivity (Wildman–Crippen MR) is 83.7 cm³/mol. The normalized spacial score (nSPS) is 11.1. The van der Waals surface area contributed by atoms with E-state index in [1.165, 1.54) is 18.2 Å². The van der Waals surface area contributed by atoms with Gasteiger partial charge in [-0.25, -0.2) is 4.39 Å². The average molecular weight is 276 g/mol. The number of hydrogen-bond acceptors (Lipinski definition) is 1. The Labute approximate surface area is 122 Å². The molecule has 0 aliphatic carbocycles. The van der Waals surface area contributed by atoms with Crippen molar-refractivity contribution in [1.29, 1.82) is 0 Å². The van der Waals surface area contributed by atoms with Crippen molar-refractivity contribution < 1.29 is 9.18 Å². The molecule has 0 fully saturated rings. The summed E-state index contributed by atoms with van der Waals surface area (Å²) < 4.78 is 12.8. The van der Waals surface area contributed by atoms with Crippen LogP contribution in [-0.2, 0) is 0 Å². The van der Waals surface area contributed by atoms with E-state index < -0.39 is 0 Å². The maximum Gasteiger partial charge on any atom is 0.186 e. The molecule has 0 aliphatic heterocycles. The lowest BCUT2D eigenvalue weighted by Gasteiger charge is -2.02. The molecule has 3 aromatic rings. The van der Waals surface area contributed by atoms with Crippen molar-refractivity contribution in [2.75, 3.05) is 0 Å². The molecular weight excluding hydrogens is 263 g/mol. The summed E-state index contributed by atoms with van der Waals surface area (Å²) >= 11 is 0. The smallest absolute Gasteiger partial charge is 0.186 e. The fraction of sp³-hybridized carbons (Fsp3) is 0. The molecule has 0 radical (unpaired) electrons. The van der Waals surface area contributed by atoms with E-state index in [0.717, 1.165) is 16.3 Å². The van der Waals surface area contributed by atoms with E-state index in [2.05, 4.69) is 0 Å². The highest BCUT2D eigenvalue weighted by atomic mass is 19.1. The lowest BCUT2D eigenvalue weighted by molar-refractivity contribution is 0.104. The second kappa shape index (κ2) is 5.71. The number of benzene rings is 3. The third kappa shape index (κ3) is 2.90. The highest BCUT2D eigenvalue weighted by Gasteiger charge is 2.06. The van der Waals surface area contributed by atoms with Crippen molar-refractivity contribution in [3.05, 3.63) is 89.8 Å². The number of carbonyl (C=O) groups excluding carboxylic acids is 1. The van der Waals surface area contributed by atoms with Gasteiger partial charge in [-0.3, -0.25) is 4.79 Å². The van der Waals surface area contributed by atoms with Gasteiger partial charge < -0.3 is 0 Å². The van der Waals surface area contributed by atoms with Gasteiger partial charge in [-0.2, -0.15) is 0 Å².